The topological polar surface area (TPSA) is 41.6 Å². The average molecular weight is 415 g/mol. The van der Waals surface area contributed by atoms with Crippen LogP contribution in [0.2, 0.25) is 0 Å². The van der Waals surface area contributed by atoms with Gasteiger partial charge in [-0.3, -0.25) is 9.69 Å². The zero-order chi connectivity index (χ0) is 18.2. The van der Waals surface area contributed by atoms with Gasteiger partial charge in [-0.2, -0.15) is 0 Å². The molecule has 0 aromatic heterocycles. The van der Waals surface area contributed by atoms with Gasteiger partial charge in [0.1, 0.15) is 0 Å². The molecule has 1 fully saturated rings. The van der Waals surface area contributed by atoms with Crippen LogP contribution in [0.5, 0.6) is 0 Å². The number of hydrogen-bond acceptors (Lipinski definition) is 3. The Morgan fingerprint density at radius 2 is 1.85 bits per heavy atom. The number of ether oxygens (including phenoxy) is 1. The number of morpholine rings is 1. The molecular weight excluding hydrogens is 392 g/mol. The number of carbonyl (C=O) groups is 1. The monoisotopic (exact) mass is 414 g/mol. The first-order valence-corrected chi connectivity index (χ1v) is 9.58. The number of nitrogens with zero attached hydrogens (tertiary/aromatic N) is 1. The zero-order valence-electron chi connectivity index (χ0n) is 14.7. The van der Waals surface area contributed by atoms with Gasteiger partial charge in [0.05, 0.1) is 13.2 Å². The van der Waals surface area contributed by atoms with E-state index in [-0.39, 0.29) is 5.91 Å². The van der Waals surface area contributed by atoms with Gasteiger partial charge in [0.2, 0.25) is 5.91 Å². The second kappa shape index (κ2) is 9.67. The highest BCUT2D eigenvalue weighted by molar-refractivity contribution is 9.10. The van der Waals surface area contributed by atoms with Crippen LogP contribution in [-0.2, 0) is 22.6 Å². The van der Waals surface area contributed by atoms with Gasteiger partial charge < -0.3 is 10.1 Å². The van der Waals surface area contributed by atoms with E-state index in [1.165, 1.54) is 5.56 Å². The van der Waals surface area contributed by atoms with Gasteiger partial charge >= 0.3 is 0 Å². The molecule has 26 heavy (non-hydrogen) atoms. The van der Waals surface area contributed by atoms with E-state index in [0.717, 1.165) is 48.4 Å². The molecule has 0 aliphatic carbocycles. The second-order valence-electron chi connectivity index (χ2n) is 6.31. The van der Waals surface area contributed by atoms with Crippen molar-refractivity contribution in [3.05, 3.63) is 75.8 Å². The van der Waals surface area contributed by atoms with Crippen molar-refractivity contribution in [2.24, 2.45) is 0 Å². The smallest absolute Gasteiger partial charge is 0.244 e. The molecule has 1 N–H and O–H groups in total. The van der Waals surface area contributed by atoms with Crippen molar-refractivity contribution in [1.82, 2.24) is 10.2 Å². The van der Waals surface area contributed by atoms with E-state index >= 15 is 0 Å². The first-order valence-electron chi connectivity index (χ1n) is 8.78. The predicted octanol–water partition coefficient (Wildman–Crippen LogP) is 3.61. The summed E-state index contributed by atoms with van der Waals surface area (Å²) in [5.74, 6) is -0.0950. The van der Waals surface area contributed by atoms with Gasteiger partial charge in [-0.15, -0.1) is 0 Å². The Labute approximate surface area is 163 Å². The van der Waals surface area contributed by atoms with Crippen molar-refractivity contribution in [2.45, 2.75) is 13.1 Å². The van der Waals surface area contributed by atoms with Crippen LogP contribution in [0.1, 0.15) is 16.7 Å². The number of hydrogen-bond donors (Lipinski definition) is 1. The van der Waals surface area contributed by atoms with Gasteiger partial charge in [0, 0.05) is 36.7 Å². The van der Waals surface area contributed by atoms with Crippen LogP contribution in [-0.4, -0.2) is 37.1 Å². The molecule has 1 saturated heterocycles. The van der Waals surface area contributed by atoms with Crippen LogP contribution >= 0.6 is 15.9 Å². The molecule has 0 bridgehead atoms. The van der Waals surface area contributed by atoms with Crippen molar-refractivity contribution < 1.29 is 9.53 Å². The molecule has 0 radical (unpaired) electrons. The van der Waals surface area contributed by atoms with E-state index in [1.807, 2.05) is 30.3 Å². The number of rotatable bonds is 6. The lowest BCUT2D eigenvalue weighted by atomic mass is 10.1. The lowest BCUT2D eigenvalue weighted by molar-refractivity contribution is -0.116. The van der Waals surface area contributed by atoms with Gasteiger partial charge in [-0.25, -0.2) is 0 Å². The maximum atomic E-state index is 12.0. The summed E-state index contributed by atoms with van der Waals surface area (Å²) in [6.07, 6.45) is 3.38. The lowest BCUT2D eigenvalue weighted by Crippen LogP contribution is -2.35. The average Bonchev–Trinajstić information content (AvgIpc) is 2.67. The third-order valence-corrected chi connectivity index (χ3v) is 4.77. The maximum Gasteiger partial charge on any atom is 0.244 e. The number of benzene rings is 2. The van der Waals surface area contributed by atoms with E-state index in [9.17, 15) is 4.79 Å². The van der Waals surface area contributed by atoms with Gasteiger partial charge in [0.15, 0.2) is 0 Å². The summed E-state index contributed by atoms with van der Waals surface area (Å²) in [5.41, 5.74) is 3.37. The van der Waals surface area contributed by atoms with Gasteiger partial charge in [0.25, 0.3) is 0 Å². The molecule has 0 unspecified atom stereocenters. The number of nitrogens with one attached hydrogen (secondary N) is 1. The molecule has 1 amide bonds. The number of amides is 1. The van der Waals surface area contributed by atoms with Crippen LogP contribution < -0.4 is 5.32 Å². The molecule has 5 heteroatoms. The molecule has 2 aromatic rings. The van der Waals surface area contributed by atoms with Crippen molar-refractivity contribution in [3.8, 4) is 0 Å². The third-order valence-electron chi connectivity index (χ3n) is 4.28. The summed E-state index contributed by atoms with van der Waals surface area (Å²) >= 11 is 3.42. The second-order valence-corrected chi connectivity index (χ2v) is 7.23. The number of carbonyl (C=O) groups excluding carboxylic acids is 1. The predicted molar refractivity (Wildman–Crippen MR) is 108 cm³/mol. The Balaban J connectivity index is 1.45. The van der Waals surface area contributed by atoms with E-state index < -0.39 is 0 Å². The SMILES string of the molecule is O=C(C=Cc1cccc(Br)c1)NCc1ccc(CN2CCOCC2)cc1. The highest BCUT2D eigenvalue weighted by Crippen LogP contribution is 2.13. The van der Waals surface area contributed by atoms with E-state index in [0.29, 0.717) is 6.54 Å². The summed E-state index contributed by atoms with van der Waals surface area (Å²) < 4.78 is 6.37. The Hall–Kier alpha value is -1.95. The quantitative estimate of drug-likeness (QED) is 0.733. The minimum Gasteiger partial charge on any atom is -0.379 e. The van der Waals surface area contributed by atoms with Crippen LogP contribution in [0.15, 0.2) is 59.1 Å². The van der Waals surface area contributed by atoms with Crippen LogP contribution in [0, 0.1) is 0 Å². The summed E-state index contributed by atoms with van der Waals surface area (Å²) in [5, 5.41) is 2.92. The lowest BCUT2D eigenvalue weighted by Gasteiger charge is -2.26. The molecule has 3 rings (SSSR count). The van der Waals surface area contributed by atoms with E-state index in [2.05, 4.69) is 50.4 Å². The Kier molecular flexibility index (Phi) is 7.00. The minimum absolute atomic E-state index is 0.0950. The molecule has 0 spiro atoms. The molecule has 0 atom stereocenters. The summed E-state index contributed by atoms with van der Waals surface area (Å²) in [6, 6.07) is 16.3. The fourth-order valence-corrected chi connectivity index (χ4v) is 3.23. The fourth-order valence-electron chi connectivity index (χ4n) is 2.81. The largest absolute Gasteiger partial charge is 0.379 e. The number of halogens is 1. The molecule has 136 valence electrons. The molecule has 1 aliphatic heterocycles. The zero-order valence-corrected chi connectivity index (χ0v) is 16.2. The molecule has 1 heterocycles. The van der Waals surface area contributed by atoms with E-state index in [1.54, 1.807) is 6.08 Å². The van der Waals surface area contributed by atoms with Gasteiger partial charge in [-0.05, 0) is 34.9 Å². The van der Waals surface area contributed by atoms with E-state index in [4.69, 9.17) is 4.74 Å². The van der Waals surface area contributed by atoms with Crippen LogP contribution in [0.3, 0.4) is 0 Å². The Morgan fingerprint density at radius 3 is 2.58 bits per heavy atom. The third kappa shape index (κ3) is 6.09. The normalized spacial score (nSPS) is 15.3. The van der Waals surface area contributed by atoms with Crippen molar-refractivity contribution in [1.29, 1.82) is 0 Å². The molecule has 0 saturated carbocycles. The van der Waals surface area contributed by atoms with Crippen molar-refractivity contribution in [2.75, 3.05) is 26.3 Å². The molecule has 2 aromatic carbocycles. The summed E-state index contributed by atoms with van der Waals surface area (Å²) in [7, 11) is 0. The maximum absolute atomic E-state index is 12.0. The highest BCUT2D eigenvalue weighted by Gasteiger charge is 2.10. The van der Waals surface area contributed by atoms with Crippen molar-refractivity contribution in [3.63, 3.8) is 0 Å². The van der Waals surface area contributed by atoms with Gasteiger partial charge in [-0.1, -0.05) is 52.3 Å². The fraction of sp³-hybridized carbons (Fsp3) is 0.286. The highest BCUT2D eigenvalue weighted by atomic mass is 79.9. The Morgan fingerprint density at radius 1 is 1.12 bits per heavy atom. The minimum atomic E-state index is -0.0950. The summed E-state index contributed by atoms with van der Waals surface area (Å²) in [6.45, 7) is 5.09. The molecule has 4 nitrogen and oxygen atoms in total. The molecule has 1 aliphatic rings. The Bertz CT molecular complexity index is 753. The summed E-state index contributed by atoms with van der Waals surface area (Å²) in [4.78, 5) is 14.4. The first kappa shape index (κ1) is 18.8. The molecular formula is C21H23BrN2O2. The van der Waals surface area contributed by atoms with Crippen molar-refractivity contribution >= 4 is 27.9 Å². The first-order chi connectivity index (χ1) is 12.7. The standard InChI is InChI=1S/C21H23BrN2O2/c22-20-3-1-2-17(14-20)8-9-21(25)23-15-18-4-6-19(7-5-18)16-24-10-12-26-13-11-24/h1-9,14H,10-13,15-16H2,(H,23,25). The van der Waals surface area contributed by atoms with Crippen LogP contribution in [0.25, 0.3) is 6.08 Å². The van der Waals surface area contributed by atoms with Crippen LogP contribution in [0.4, 0.5) is 0 Å².